The molecule has 1 aromatic rings. The Morgan fingerprint density at radius 2 is 2.16 bits per heavy atom. The summed E-state index contributed by atoms with van der Waals surface area (Å²) >= 11 is 0. The van der Waals surface area contributed by atoms with Gasteiger partial charge in [-0.2, -0.15) is 0 Å². The van der Waals surface area contributed by atoms with Crippen LogP contribution in [0.5, 0.6) is 0 Å². The molecule has 6 nitrogen and oxygen atoms in total. The van der Waals surface area contributed by atoms with Gasteiger partial charge in [-0.1, -0.05) is 0 Å². The van der Waals surface area contributed by atoms with Crippen LogP contribution in [0.25, 0.3) is 0 Å². The lowest BCUT2D eigenvalue weighted by Gasteiger charge is -2.27. The van der Waals surface area contributed by atoms with Crippen molar-refractivity contribution < 1.29 is 8.42 Å². The fourth-order valence-electron chi connectivity index (χ4n) is 2.09. The molecule has 0 saturated carbocycles. The third-order valence-electron chi connectivity index (χ3n) is 3.10. The fraction of sp³-hybridized carbons (Fsp3) is 0.583. The number of aromatic nitrogens is 1. The van der Waals surface area contributed by atoms with Gasteiger partial charge in [0.05, 0.1) is 0 Å². The standard InChI is InChI=1S/C12H20N4O2S/c1-19(17,18)11-3-2-4-14-12(11)15-7-10-16-8-5-13-6-9-16/h2-4,13H,5-10H2,1H3,(H,14,15). The van der Waals surface area contributed by atoms with Crippen LogP contribution in [0.1, 0.15) is 0 Å². The van der Waals surface area contributed by atoms with Crippen molar-refractivity contribution in [3.8, 4) is 0 Å². The topological polar surface area (TPSA) is 74.3 Å². The lowest BCUT2D eigenvalue weighted by atomic mass is 10.3. The highest BCUT2D eigenvalue weighted by atomic mass is 32.2. The summed E-state index contributed by atoms with van der Waals surface area (Å²) in [6.45, 7) is 5.67. The van der Waals surface area contributed by atoms with Gasteiger partial charge in [0.25, 0.3) is 0 Å². The molecule has 2 heterocycles. The molecule has 1 aliphatic rings. The van der Waals surface area contributed by atoms with Gasteiger partial charge in [-0.25, -0.2) is 13.4 Å². The van der Waals surface area contributed by atoms with E-state index in [9.17, 15) is 8.42 Å². The second-order valence-electron chi connectivity index (χ2n) is 4.64. The summed E-state index contributed by atoms with van der Waals surface area (Å²) in [6, 6.07) is 3.22. The summed E-state index contributed by atoms with van der Waals surface area (Å²) in [6.07, 6.45) is 2.80. The number of piperazine rings is 1. The smallest absolute Gasteiger partial charge is 0.179 e. The fourth-order valence-corrected chi connectivity index (χ4v) is 2.89. The van der Waals surface area contributed by atoms with Crippen molar-refractivity contribution >= 4 is 15.7 Å². The van der Waals surface area contributed by atoms with Crippen LogP contribution >= 0.6 is 0 Å². The molecule has 1 aromatic heterocycles. The zero-order valence-electron chi connectivity index (χ0n) is 11.1. The Hall–Kier alpha value is -1.18. The van der Waals surface area contributed by atoms with Crippen LogP contribution in [-0.2, 0) is 9.84 Å². The van der Waals surface area contributed by atoms with E-state index in [0.717, 1.165) is 32.7 Å². The molecule has 0 unspecified atom stereocenters. The largest absolute Gasteiger partial charge is 0.368 e. The quantitative estimate of drug-likeness (QED) is 0.780. The molecule has 19 heavy (non-hydrogen) atoms. The highest BCUT2D eigenvalue weighted by Crippen LogP contribution is 2.17. The predicted molar refractivity (Wildman–Crippen MR) is 75.1 cm³/mol. The molecule has 1 aliphatic heterocycles. The lowest BCUT2D eigenvalue weighted by molar-refractivity contribution is 0.249. The van der Waals surface area contributed by atoms with Crippen molar-refractivity contribution in [3.63, 3.8) is 0 Å². The van der Waals surface area contributed by atoms with E-state index in [-0.39, 0.29) is 4.90 Å². The highest BCUT2D eigenvalue weighted by molar-refractivity contribution is 7.90. The molecule has 0 spiro atoms. The number of nitrogens with one attached hydrogen (secondary N) is 2. The molecule has 0 radical (unpaired) electrons. The maximum absolute atomic E-state index is 11.6. The second kappa shape index (κ2) is 6.31. The molecule has 0 amide bonds. The Bertz CT molecular complexity index is 512. The van der Waals surface area contributed by atoms with Crippen molar-refractivity contribution in [2.24, 2.45) is 0 Å². The van der Waals surface area contributed by atoms with Crippen molar-refractivity contribution in [3.05, 3.63) is 18.3 Å². The normalized spacial score (nSPS) is 17.3. The minimum Gasteiger partial charge on any atom is -0.368 e. The van der Waals surface area contributed by atoms with Gasteiger partial charge in [0.15, 0.2) is 9.84 Å². The molecule has 0 atom stereocenters. The molecule has 2 N–H and O–H groups in total. The van der Waals surface area contributed by atoms with Gasteiger partial charge in [-0.15, -0.1) is 0 Å². The Morgan fingerprint density at radius 1 is 1.42 bits per heavy atom. The zero-order valence-corrected chi connectivity index (χ0v) is 11.9. The number of hydrogen-bond acceptors (Lipinski definition) is 6. The van der Waals surface area contributed by atoms with Crippen LogP contribution in [0.4, 0.5) is 5.82 Å². The van der Waals surface area contributed by atoms with Crippen molar-refractivity contribution in [2.45, 2.75) is 4.90 Å². The van der Waals surface area contributed by atoms with Gasteiger partial charge in [-0.3, -0.25) is 4.90 Å². The minimum absolute atomic E-state index is 0.260. The minimum atomic E-state index is -3.24. The molecular weight excluding hydrogens is 264 g/mol. The summed E-state index contributed by atoms with van der Waals surface area (Å²) in [5.74, 6) is 0.445. The van der Waals surface area contributed by atoms with E-state index < -0.39 is 9.84 Å². The number of sulfone groups is 1. The van der Waals surface area contributed by atoms with E-state index in [1.165, 1.54) is 6.26 Å². The van der Waals surface area contributed by atoms with Crippen LogP contribution in [0.15, 0.2) is 23.2 Å². The number of nitrogens with zero attached hydrogens (tertiary/aromatic N) is 2. The molecule has 1 fully saturated rings. The van der Waals surface area contributed by atoms with Crippen molar-refractivity contribution in [1.82, 2.24) is 15.2 Å². The summed E-state index contributed by atoms with van der Waals surface area (Å²) in [5.41, 5.74) is 0. The number of rotatable bonds is 5. The van der Waals surface area contributed by atoms with Crippen LogP contribution in [-0.4, -0.2) is 63.8 Å². The monoisotopic (exact) mass is 284 g/mol. The first-order chi connectivity index (χ1) is 9.07. The van der Waals surface area contributed by atoms with Gasteiger partial charge in [0.1, 0.15) is 10.7 Å². The summed E-state index contributed by atoms with van der Waals surface area (Å²) in [7, 11) is -3.24. The number of pyridine rings is 1. The maximum Gasteiger partial charge on any atom is 0.179 e. The molecule has 0 aromatic carbocycles. The van der Waals surface area contributed by atoms with Gasteiger partial charge in [-0.05, 0) is 12.1 Å². The first kappa shape index (κ1) is 14.2. The predicted octanol–water partition coefficient (Wildman–Crippen LogP) is -0.198. The third kappa shape index (κ3) is 4.15. The molecule has 7 heteroatoms. The lowest BCUT2D eigenvalue weighted by Crippen LogP contribution is -2.45. The van der Waals surface area contributed by atoms with Gasteiger partial charge < -0.3 is 10.6 Å². The number of anilines is 1. The molecule has 2 rings (SSSR count). The van der Waals surface area contributed by atoms with Gasteiger partial charge in [0.2, 0.25) is 0 Å². The Labute approximate surface area is 114 Å². The van der Waals surface area contributed by atoms with E-state index in [1.807, 2.05) is 0 Å². The summed E-state index contributed by atoms with van der Waals surface area (Å²) in [5, 5.41) is 6.41. The summed E-state index contributed by atoms with van der Waals surface area (Å²) in [4.78, 5) is 6.71. The van der Waals surface area contributed by atoms with E-state index in [1.54, 1.807) is 18.3 Å². The second-order valence-corrected chi connectivity index (χ2v) is 6.62. The van der Waals surface area contributed by atoms with E-state index in [2.05, 4.69) is 20.5 Å². The zero-order chi connectivity index (χ0) is 13.7. The van der Waals surface area contributed by atoms with E-state index in [4.69, 9.17) is 0 Å². The van der Waals surface area contributed by atoms with Crippen molar-refractivity contribution in [2.75, 3.05) is 50.8 Å². The van der Waals surface area contributed by atoms with Crippen LogP contribution in [0.2, 0.25) is 0 Å². The maximum atomic E-state index is 11.6. The van der Waals surface area contributed by atoms with Crippen LogP contribution < -0.4 is 10.6 Å². The van der Waals surface area contributed by atoms with Crippen LogP contribution in [0.3, 0.4) is 0 Å². The first-order valence-corrected chi connectivity index (χ1v) is 8.28. The molecular formula is C12H20N4O2S. The Morgan fingerprint density at radius 3 is 2.84 bits per heavy atom. The highest BCUT2D eigenvalue weighted by Gasteiger charge is 2.14. The van der Waals surface area contributed by atoms with E-state index in [0.29, 0.717) is 12.4 Å². The van der Waals surface area contributed by atoms with E-state index >= 15 is 0 Å². The first-order valence-electron chi connectivity index (χ1n) is 6.39. The Balaban J connectivity index is 1.92. The molecule has 0 bridgehead atoms. The van der Waals surface area contributed by atoms with Crippen molar-refractivity contribution in [1.29, 1.82) is 0 Å². The molecule has 0 aliphatic carbocycles. The van der Waals surface area contributed by atoms with Crippen LogP contribution in [0, 0.1) is 0 Å². The summed E-state index contributed by atoms with van der Waals surface area (Å²) < 4.78 is 23.2. The SMILES string of the molecule is CS(=O)(=O)c1cccnc1NCCN1CCNCC1. The van der Waals surface area contributed by atoms with Gasteiger partial charge in [0, 0.05) is 51.7 Å². The average molecular weight is 284 g/mol. The Kier molecular flexibility index (Phi) is 4.73. The molecule has 106 valence electrons. The average Bonchev–Trinajstić information content (AvgIpc) is 2.39. The number of hydrogen-bond donors (Lipinski definition) is 2. The van der Waals surface area contributed by atoms with Gasteiger partial charge >= 0.3 is 0 Å². The molecule has 1 saturated heterocycles. The third-order valence-corrected chi connectivity index (χ3v) is 4.23.